The average molecular weight is 1060 g/mol. The Morgan fingerprint density at radius 1 is 0.378 bits per heavy atom. The first-order chi connectivity index (χ1) is 39.2. The molecule has 0 bridgehead atoms. The van der Waals surface area contributed by atoms with Crippen LogP contribution in [0.3, 0.4) is 0 Å². The zero-order chi connectivity index (χ0) is 56.9. The molecule has 0 atom stereocenters. The minimum Gasteiger partial charge on any atom is -0.311 e. The van der Waals surface area contributed by atoms with Gasteiger partial charge < -0.3 is 9.80 Å². The molecule has 0 fully saturated rings. The van der Waals surface area contributed by atoms with E-state index >= 15 is 0 Å². The van der Waals surface area contributed by atoms with Crippen molar-refractivity contribution >= 4 is 68.9 Å². The summed E-state index contributed by atoms with van der Waals surface area (Å²) >= 11 is 0. The fourth-order valence-electron chi connectivity index (χ4n) is 14.4. The van der Waals surface area contributed by atoms with Crippen LogP contribution in [0.4, 0.5) is 34.1 Å². The van der Waals surface area contributed by atoms with Gasteiger partial charge >= 0.3 is 0 Å². The molecule has 10 aromatic rings. The van der Waals surface area contributed by atoms with Crippen LogP contribution in [0.5, 0.6) is 0 Å². The first kappa shape index (κ1) is 51.7. The van der Waals surface area contributed by atoms with Gasteiger partial charge in [0.2, 0.25) is 0 Å². The minimum absolute atomic E-state index is 0.0304. The Morgan fingerprint density at radius 3 is 1.59 bits per heavy atom. The summed E-state index contributed by atoms with van der Waals surface area (Å²) in [5, 5.41) is 0. The number of benzene rings is 10. The topological polar surface area (TPSA) is 6.48 Å². The van der Waals surface area contributed by atoms with E-state index in [0.29, 0.717) is 0 Å². The highest BCUT2D eigenvalue weighted by Gasteiger charge is 2.48. The van der Waals surface area contributed by atoms with Crippen molar-refractivity contribution in [3.63, 3.8) is 0 Å². The molecule has 4 aliphatic rings. The molecular weight excluding hydrogens is 988 g/mol. The molecule has 0 spiro atoms. The molecule has 2 heterocycles. The Balaban J connectivity index is 1.11. The first-order valence-corrected chi connectivity index (χ1v) is 29.7. The van der Waals surface area contributed by atoms with Crippen molar-refractivity contribution in [3.05, 3.63) is 256 Å². The maximum atomic E-state index is 2.71. The van der Waals surface area contributed by atoms with Crippen LogP contribution >= 0.6 is 0 Å². The van der Waals surface area contributed by atoms with Gasteiger partial charge in [0.1, 0.15) is 0 Å². The van der Waals surface area contributed by atoms with Crippen molar-refractivity contribution in [2.24, 2.45) is 0 Å². The maximum Gasteiger partial charge on any atom is 0.252 e. The fraction of sp³-hybridized carbons (Fsp3) is 0.215. The molecule has 2 aliphatic heterocycles. The summed E-state index contributed by atoms with van der Waals surface area (Å²) < 4.78 is 0. The summed E-state index contributed by atoms with van der Waals surface area (Å²) in [4.78, 5) is 5.42. The number of aryl methyl sites for hydroxylation is 2. The van der Waals surface area contributed by atoms with Crippen LogP contribution in [0.15, 0.2) is 200 Å². The van der Waals surface area contributed by atoms with E-state index in [2.05, 4.69) is 306 Å². The molecule has 2 aliphatic carbocycles. The van der Waals surface area contributed by atoms with Crippen LogP contribution in [-0.4, -0.2) is 6.71 Å². The van der Waals surface area contributed by atoms with Gasteiger partial charge in [-0.05, 0) is 201 Å². The van der Waals surface area contributed by atoms with Gasteiger partial charge in [-0.25, -0.2) is 0 Å². The predicted octanol–water partition coefficient (Wildman–Crippen LogP) is 19.5. The number of hydrogen-bond acceptors (Lipinski definition) is 2. The van der Waals surface area contributed by atoms with Gasteiger partial charge in [0.05, 0.1) is 11.4 Å². The summed E-state index contributed by atoms with van der Waals surface area (Å²) in [5.41, 5.74) is 35.4. The maximum absolute atomic E-state index is 2.71. The summed E-state index contributed by atoms with van der Waals surface area (Å²) in [6.45, 7) is 30.7. The molecule has 0 amide bonds. The van der Waals surface area contributed by atoms with Gasteiger partial charge in [-0.3, -0.25) is 0 Å². The highest BCUT2D eigenvalue weighted by atomic mass is 15.2. The number of rotatable bonds is 5. The third-order valence-electron chi connectivity index (χ3n) is 18.7. The van der Waals surface area contributed by atoms with Crippen molar-refractivity contribution in [2.45, 2.75) is 112 Å². The van der Waals surface area contributed by atoms with Gasteiger partial charge in [0.25, 0.3) is 6.71 Å². The number of hydrogen-bond donors (Lipinski definition) is 0. The first-order valence-electron chi connectivity index (χ1n) is 29.7. The molecule has 3 heteroatoms. The van der Waals surface area contributed by atoms with Crippen LogP contribution in [0.2, 0.25) is 0 Å². The molecule has 402 valence electrons. The summed E-state index contributed by atoms with van der Waals surface area (Å²) in [6, 6.07) is 77.1. The summed E-state index contributed by atoms with van der Waals surface area (Å²) in [5.74, 6) is 0. The monoisotopic (exact) mass is 1060 g/mol. The van der Waals surface area contributed by atoms with E-state index in [1.807, 2.05) is 0 Å². The smallest absolute Gasteiger partial charge is 0.252 e. The molecule has 0 N–H and O–H groups in total. The molecule has 14 rings (SSSR count). The zero-order valence-corrected chi connectivity index (χ0v) is 50.1. The Hall–Kier alpha value is -8.40. The van der Waals surface area contributed by atoms with Gasteiger partial charge in [0, 0.05) is 33.7 Å². The van der Waals surface area contributed by atoms with Crippen LogP contribution in [0, 0.1) is 13.8 Å². The van der Waals surface area contributed by atoms with Gasteiger partial charge in [-0.15, -0.1) is 0 Å². The molecule has 82 heavy (non-hydrogen) atoms. The number of nitrogens with zero attached hydrogens (tertiary/aromatic N) is 2. The van der Waals surface area contributed by atoms with Crippen molar-refractivity contribution in [1.82, 2.24) is 0 Å². The lowest BCUT2D eigenvalue weighted by Gasteiger charge is -2.46. The molecule has 2 nitrogen and oxygen atoms in total. The van der Waals surface area contributed by atoms with Crippen molar-refractivity contribution in [1.29, 1.82) is 0 Å². The fourth-order valence-corrected chi connectivity index (χ4v) is 14.4. The van der Waals surface area contributed by atoms with E-state index in [0.717, 1.165) is 0 Å². The van der Waals surface area contributed by atoms with E-state index in [4.69, 9.17) is 0 Å². The largest absolute Gasteiger partial charge is 0.311 e. The highest BCUT2D eigenvalue weighted by molar-refractivity contribution is 7.00. The van der Waals surface area contributed by atoms with Crippen LogP contribution in [0.1, 0.15) is 132 Å². The number of anilines is 6. The van der Waals surface area contributed by atoms with E-state index in [1.165, 1.54) is 156 Å². The number of fused-ring (bicyclic) bond motifs is 10. The minimum atomic E-state index is -0.190. The van der Waals surface area contributed by atoms with E-state index < -0.39 is 0 Å². The summed E-state index contributed by atoms with van der Waals surface area (Å²) in [7, 11) is 0. The Bertz CT molecular complexity index is 4300. The third kappa shape index (κ3) is 7.97. The van der Waals surface area contributed by atoms with Crippen molar-refractivity contribution < 1.29 is 0 Å². The predicted molar refractivity (Wildman–Crippen MR) is 353 cm³/mol. The zero-order valence-electron chi connectivity index (χ0n) is 50.1. The van der Waals surface area contributed by atoms with E-state index in [9.17, 15) is 0 Å². The van der Waals surface area contributed by atoms with Gasteiger partial charge in [0.15, 0.2) is 0 Å². The second-order valence-electron chi connectivity index (χ2n) is 27.5. The van der Waals surface area contributed by atoms with Crippen LogP contribution in [0.25, 0.3) is 56.2 Å². The van der Waals surface area contributed by atoms with Crippen molar-refractivity contribution in [2.75, 3.05) is 9.80 Å². The Labute approximate surface area is 488 Å². The molecule has 0 radical (unpaired) electrons. The van der Waals surface area contributed by atoms with Crippen LogP contribution in [-0.2, 0) is 21.7 Å². The average Bonchev–Trinajstić information content (AvgIpc) is 3.27. The van der Waals surface area contributed by atoms with E-state index in [1.54, 1.807) is 0 Å². The van der Waals surface area contributed by atoms with Gasteiger partial charge in [-0.1, -0.05) is 228 Å². The normalized spacial score (nSPS) is 14.9. The third-order valence-corrected chi connectivity index (χ3v) is 18.7. The molecule has 0 saturated heterocycles. The van der Waals surface area contributed by atoms with Gasteiger partial charge in [-0.2, -0.15) is 0 Å². The standard InChI is InChI=1S/C79H73BN2/c1-48-39-52(57-30-21-20-29-56(57)51-27-18-15-19-28-51)40-49(2)75(48)82-70-47-63-60(41-50-25-16-14-17-26-50)58-37-35-53(76(3,4)5)42-61(58)62(63)46-67(70)80-66-38-36-54(77(6,7)8)43-69(66)81(71-44-55(78(9,10)11)45-72(82)74(71)80)68-34-24-33-65-73(68)59-31-22-23-32-64(59)79(65,12)13/h14-47H,1-13H3. The molecule has 0 unspecified atom stereocenters. The lowest BCUT2D eigenvalue weighted by molar-refractivity contribution is 0.590. The lowest BCUT2D eigenvalue weighted by Crippen LogP contribution is -2.61. The molecular formula is C79H73BN2. The van der Waals surface area contributed by atoms with Crippen molar-refractivity contribution in [3.8, 4) is 44.5 Å². The Morgan fingerprint density at radius 2 is 0.915 bits per heavy atom. The Kier molecular flexibility index (Phi) is 11.5. The highest BCUT2D eigenvalue weighted by Crippen LogP contribution is 2.57. The lowest BCUT2D eigenvalue weighted by atomic mass is 9.33. The quantitative estimate of drug-likeness (QED) is 0.159. The van der Waals surface area contributed by atoms with E-state index in [-0.39, 0.29) is 28.4 Å². The second kappa shape index (κ2) is 18.3. The van der Waals surface area contributed by atoms with Crippen LogP contribution < -0.4 is 26.2 Å². The SMILES string of the molecule is Cc1cc(-c2ccccc2-c2ccccc2)cc(C)c1N1c2cc3c(cc2B2c4ccc(C(C)(C)C)cc4N(c4cccc5c4-c4ccccc4C5(C)C)c4cc(C(C)(C)C)cc1c42)-c1cc(C(C)(C)C)ccc1C3=Cc1ccccc1. The molecule has 10 aromatic carbocycles. The molecule has 0 saturated carbocycles. The summed E-state index contributed by atoms with van der Waals surface area (Å²) in [6.07, 6.45) is 2.43. The molecule has 0 aromatic heterocycles. The second-order valence-corrected chi connectivity index (χ2v) is 27.5.